The smallest absolute Gasteiger partial charge is 0.261 e. The average Bonchev–Trinajstić information content (AvgIpc) is 2.63. The van der Waals surface area contributed by atoms with Crippen LogP contribution in [-0.2, 0) is 10.0 Å². The van der Waals surface area contributed by atoms with E-state index >= 15 is 0 Å². The summed E-state index contributed by atoms with van der Waals surface area (Å²) in [6, 6.07) is 17.0. The summed E-state index contributed by atoms with van der Waals surface area (Å²) in [5, 5.41) is 9.28. The summed E-state index contributed by atoms with van der Waals surface area (Å²) in [6.07, 6.45) is 0. The molecule has 7 heteroatoms. The predicted octanol–water partition coefficient (Wildman–Crippen LogP) is 5.13. The van der Waals surface area contributed by atoms with Gasteiger partial charge in [0.2, 0.25) is 0 Å². The number of benzene rings is 3. The fourth-order valence-electron chi connectivity index (χ4n) is 2.51. The number of anilines is 1. The lowest BCUT2D eigenvalue weighted by molar-refractivity contribution is 0.601. The van der Waals surface area contributed by atoms with Gasteiger partial charge in [-0.2, -0.15) is 5.26 Å². The number of aryl methyl sites for hydroxylation is 1. The SMILES string of the molecule is Cc1ccc(-c2ccc(C#N)c(F)c2)cc1NS(=O)(=O)c1ccc(Cl)cc1. The van der Waals surface area contributed by atoms with Gasteiger partial charge < -0.3 is 0 Å². The molecular weight excluding hydrogens is 387 g/mol. The molecule has 0 unspecified atom stereocenters. The van der Waals surface area contributed by atoms with Crippen molar-refractivity contribution in [2.45, 2.75) is 11.8 Å². The minimum Gasteiger partial charge on any atom is -0.279 e. The first-order valence-corrected chi connectivity index (χ1v) is 9.75. The van der Waals surface area contributed by atoms with Crippen LogP contribution in [0.4, 0.5) is 10.1 Å². The van der Waals surface area contributed by atoms with Gasteiger partial charge in [0.15, 0.2) is 0 Å². The highest BCUT2D eigenvalue weighted by atomic mass is 35.5. The molecule has 0 atom stereocenters. The molecule has 0 amide bonds. The van der Waals surface area contributed by atoms with Gasteiger partial charge in [0.1, 0.15) is 11.9 Å². The molecule has 0 aliphatic heterocycles. The van der Waals surface area contributed by atoms with Crippen LogP contribution in [0.3, 0.4) is 0 Å². The Labute approximate surface area is 161 Å². The maximum atomic E-state index is 13.9. The summed E-state index contributed by atoms with van der Waals surface area (Å²) in [4.78, 5) is 0.0844. The molecule has 0 aliphatic carbocycles. The molecule has 3 aromatic rings. The summed E-state index contributed by atoms with van der Waals surface area (Å²) in [7, 11) is -3.80. The first kappa shape index (κ1) is 18.9. The van der Waals surface area contributed by atoms with Crippen LogP contribution >= 0.6 is 11.6 Å². The Morgan fingerprint density at radius 1 is 1.00 bits per heavy atom. The van der Waals surface area contributed by atoms with Crippen molar-refractivity contribution in [2.75, 3.05) is 4.72 Å². The number of halogens is 2. The zero-order valence-electron chi connectivity index (χ0n) is 14.2. The van der Waals surface area contributed by atoms with Crippen LogP contribution in [0.25, 0.3) is 11.1 Å². The van der Waals surface area contributed by atoms with E-state index in [1.54, 1.807) is 37.3 Å². The maximum absolute atomic E-state index is 13.9. The Bertz CT molecular complexity index is 1150. The van der Waals surface area contributed by atoms with E-state index in [4.69, 9.17) is 16.9 Å². The topological polar surface area (TPSA) is 70.0 Å². The summed E-state index contributed by atoms with van der Waals surface area (Å²) in [5.41, 5.74) is 2.21. The van der Waals surface area contributed by atoms with Gasteiger partial charge in [0.05, 0.1) is 16.1 Å². The minimum atomic E-state index is -3.80. The molecule has 0 fully saturated rings. The fraction of sp³-hybridized carbons (Fsp3) is 0.0500. The number of nitrogens with zero attached hydrogens (tertiary/aromatic N) is 1. The number of nitriles is 1. The fourth-order valence-corrected chi connectivity index (χ4v) is 3.76. The number of rotatable bonds is 4. The van der Waals surface area contributed by atoms with E-state index < -0.39 is 15.8 Å². The van der Waals surface area contributed by atoms with Crippen molar-refractivity contribution in [1.82, 2.24) is 0 Å². The maximum Gasteiger partial charge on any atom is 0.261 e. The lowest BCUT2D eigenvalue weighted by atomic mass is 10.0. The summed E-state index contributed by atoms with van der Waals surface area (Å²) >= 11 is 5.80. The molecule has 0 spiro atoms. The molecule has 1 N–H and O–H groups in total. The van der Waals surface area contributed by atoms with Gasteiger partial charge in [-0.15, -0.1) is 0 Å². The van der Waals surface area contributed by atoms with Crippen LogP contribution in [0.2, 0.25) is 5.02 Å². The number of hydrogen-bond acceptors (Lipinski definition) is 3. The van der Waals surface area contributed by atoms with Crippen molar-refractivity contribution in [3.8, 4) is 17.2 Å². The van der Waals surface area contributed by atoms with E-state index in [0.29, 0.717) is 27.4 Å². The molecule has 0 aromatic heterocycles. The van der Waals surface area contributed by atoms with Crippen molar-refractivity contribution in [1.29, 1.82) is 5.26 Å². The monoisotopic (exact) mass is 400 g/mol. The molecule has 0 aliphatic rings. The molecule has 0 heterocycles. The zero-order valence-corrected chi connectivity index (χ0v) is 15.8. The van der Waals surface area contributed by atoms with Crippen LogP contribution in [0.15, 0.2) is 65.6 Å². The molecule has 136 valence electrons. The second kappa shape index (κ2) is 7.39. The second-order valence-electron chi connectivity index (χ2n) is 5.90. The van der Waals surface area contributed by atoms with Gasteiger partial charge in [0.25, 0.3) is 10.0 Å². The highest BCUT2D eigenvalue weighted by Crippen LogP contribution is 2.28. The van der Waals surface area contributed by atoms with E-state index in [-0.39, 0.29) is 10.5 Å². The third kappa shape index (κ3) is 4.11. The lowest BCUT2D eigenvalue weighted by Crippen LogP contribution is -2.13. The summed E-state index contributed by atoms with van der Waals surface area (Å²) < 4.78 is 41.6. The van der Waals surface area contributed by atoms with Gasteiger partial charge in [-0.05, 0) is 66.1 Å². The highest BCUT2D eigenvalue weighted by molar-refractivity contribution is 7.92. The molecule has 3 aromatic carbocycles. The van der Waals surface area contributed by atoms with Crippen molar-refractivity contribution < 1.29 is 12.8 Å². The van der Waals surface area contributed by atoms with Crippen molar-refractivity contribution in [3.63, 3.8) is 0 Å². The van der Waals surface area contributed by atoms with E-state index in [9.17, 15) is 12.8 Å². The van der Waals surface area contributed by atoms with Gasteiger partial charge >= 0.3 is 0 Å². The largest absolute Gasteiger partial charge is 0.279 e. The molecule has 27 heavy (non-hydrogen) atoms. The van der Waals surface area contributed by atoms with Gasteiger partial charge in [-0.3, -0.25) is 4.72 Å². The third-order valence-electron chi connectivity index (χ3n) is 4.03. The van der Waals surface area contributed by atoms with Crippen molar-refractivity contribution in [2.24, 2.45) is 0 Å². The Kier molecular flexibility index (Phi) is 5.17. The number of sulfonamides is 1. The van der Waals surface area contributed by atoms with Crippen LogP contribution in [0, 0.1) is 24.1 Å². The molecular formula is C20H14ClFN2O2S. The standard InChI is InChI=1S/C20H14ClFN2O2S/c1-13-2-3-15(14-4-5-16(12-23)19(22)10-14)11-20(13)24-27(25,26)18-8-6-17(21)7-9-18/h2-11,24H,1H3. The van der Waals surface area contributed by atoms with Crippen LogP contribution in [-0.4, -0.2) is 8.42 Å². The first-order valence-electron chi connectivity index (χ1n) is 7.89. The summed E-state index contributed by atoms with van der Waals surface area (Å²) in [5.74, 6) is -0.626. The van der Waals surface area contributed by atoms with E-state index in [1.807, 2.05) is 0 Å². The Hall–Kier alpha value is -2.88. The summed E-state index contributed by atoms with van der Waals surface area (Å²) in [6.45, 7) is 1.77. The second-order valence-corrected chi connectivity index (χ2v) is 8.01. The average molecular weight is 401 g/mol. The van der Waals surface area contributed by atoms with Crippen molar-refractivity contribution >= 4 is 27.3 Å². The van der Waals surface area contributed by atoms with E-state index in [0.717, 1.165) is 0 Å². The van der Waals surface area contributed by atoms with Gasteiger partial charge in [-0.25, -0.2) is 12.8 Å². The normalized spacial score (nSPS) is 11.0. The molecule has 0 radical (unpaired) electrons. The van der Waals surface area contributed by atoms with E-state index in [2.05, 4.69) is 4.72 Å². The quantitative estimate of drug-likeness (QED) is 0.660. The molecule has 0 saturated carbocycles. The Morgan fingerprint density at radius 3 is 2.26 bits per heavy atom. The minimum absolute atomic E-state index is 0.0467. The van der Waals surface area contributed by atoms with Gasteiger partial charge in [-0.1, -0.05) is 29.8 Å². The Morgan fingerprint density at radius 2 is 1.63 bits per heavy atom. The van der Waals surface area contributed by atoms with Gasteiger partial charge in [0, 0.05) is 5.02 Å². The zero-order chi connectivity index (χ0) is 19.6. The number of nitrogens with one attached hydrogen (secondary N) is 1. The van der Waals surface area contributed by atoms with Crippen molar-refractivity contribution in [3.05, 3.63) is 82.6 Å². The van der Waals surface area contributed by atoms with Crippen LogP contribution in [0.5, 0.6) is 0 Å². The Balaban J connectivity index is 1.98. The molecule has 0 saturated heterocycles. The lowest BCUT2D eigenvalue weighted by Gasteiger charge is -2.13. The number of hydrogen-bond donors (Lipinski definition) is 1. The highest BCUT2D eigenvalue weighted by Gasteiger charge is 2.16. The molecule has 4 nitrogen and oxygen atoms in total. The molecule has 0 bridgehead atoms. The first-order chi connectivity index (χ1) is 12.8. The molecule has 3 rings (SSSR count). The third-order valence-corrected chi connectivity index (χ3v) is 5.66. The predicted molar refractivity (Wildman–Crippen MR) is 104 cm³/mol. The van der Waals surface area contributed by atoms with Crippen LogP contribution in [0.1, 0.15) is 11.1 Å². The van der Waals surface area contributed by atoms with E-state index in [1.165, 1.54) is 36.4 Å². The van der Waals surface area contributed by atoms with Crippen LogP contribution < -0.4 is 4.72 Å².